The number of hydrogen-bond acceptors (Lipinski definition) is 2. The van der Waals surface area contributed by atoms with Crippen LogP contribution in [0.15, 0.2) is 0 Å². The minimum Gasteiger partial charge on any atom is -0.354 e. The number of amides is 2. The van der Waals surface area contributed by atoms with E-state index in [1.165, 1.54) is 0 Å². The van der Waals surface area contributed by atoms with E-state index in [0.717, 1.165) is 6.42 Å². The van der Waals surface area contributed by atoms with E-state index in [0.29, 0.717) is 19.5 Å². The van der Waals surface area contributed by atoms with Gasteiger partial charge in [0.25, 0.3) is 0 Å². The van der Waals surface area contributed by atoms with E-state index in [-0.39, 0.29) is 17.2 Å². The molecular formula is C8H12N2O2. The molecule has 0 aromatic rings. The Hall–Kier alpha value is -1.06. The predicted molar refractivity (Wildman–Crippen MR) is 42.3 cm³/mol. The number of rotatable bonds is 0. The zero-order valence-corrected chi connectivity index (χ0v) is 7.09. The Morgan fingerprint density at radius 1 is 1.50 bits per heavy atom. The summed E-state index contributed by atoms with van der Waals surface area (Å²) in [6.45, 7) is 1.40. The van der Waals surface area contributed by atoms with E-state index < -0.39 is 0 Å². The summed E-state index contributed by atoms with van der Waals surface area (Å²) >= 11 is 0. The average Bonchev–Trinajstić information content (AvgIpc) is 2.07. The van der Waals surface area contributed by atoms with Gasteiger partial charge < -0.3 is 10.2 Å². The van der Waals surface area contributed by atoms with Crippen LogP contribution in [0.5, 0.6) is 0 Å². The van der Waals surface area contributed by atoms with Gasteiger partial charge in [-0.05, 0) is 6.42 Å². The van der Waals surface area contributed by atoms with Crippen LogP contribution < -0.4 is 5.32 Å². The van der Waals surface area contributed by atoms with Crippen molar-refractivity contribution in [1.82, 2.24) is 10.2 Å². The minimum atomic E-state index is -0.330. The van der Waals surface area contributed by atoms with Gasteiger partial charge in [-0.25, -0.2) is 0 Å². The quantitative estimate of drug-likeness (QED) is 0.489. The van der Waals surface area contributed by atoms with Gasteiger partial charge in [0, 0.05) is 26.6 Å². The molecule has 66 valence electrons. The lowest BCUT2D eigenvalue weighted by Gasteiger charge is -2.45. The molecule has 0 aliphatic carbocycles. The zero-order chi connectivity index (χ0) is 8.77. The number of hydrogen-bond donors (Lipinski definition) is 1. The highest BCUT2D eigenvalue weighted by Gasteiger charge is 2.50. The summed E-state index contributed by atoms with van der Waals surface area (Å²) in [5, 5.41) is 2.69. The second-order valence-corrected chi connectivity index (χ2v) is 3.71. The largest absolute Gasteiger partial charge is 0.354 e. The lowest BCUT2D eigenvalue weighted by Crippen LogP contribution is -2.63. The minimum absolute atomic E-state index is 0.0592. The number of carbonyl (C=O) groups is 2. The topological polar surface area (TPSA) is 49.4 Å². The van der Waals surface area contributed by atoms with Crippen LogP contribution in [0.2, 0.25) is 0 Å². The van der Waals surface area contributed by atoms with Crippen LogP contribution >= 0.6 is 0 Å². The smallest absolute Gasteiger partial charge is 0.228 e. The van der Waals surface area contributed by atoms with Crippen LogP contribution in [-0.2, 0) is 9.59 Å². The maximum atomic E-state index is 11.3. The fraction of sp³-hybridized carbons (Fsp3) is 0.750. The number of piperidine rings is 1. The summed E-state index contributed by atoms with van der Waals surface area (Å²) in [4.78, 5) is 24.2. The summed E-state index contributed by atoms with van der Waals surface area (Å²) < 4.78 is 0. The van der Waals surface area contributed by atoms with Crippen molar-refractivity contribution < 1.29 is 9.59 Å². The van der Waals surface area contributed by atoms with Crippen molar-refractivity contribution in [2.24, 2.45) is 5.41 Å². The molecule has 1 spiro atoms. The molecule has 0 unspecified atom stereocenters. The van der Waals surface area contributed by atoms with Crippen LogP contribution in [0, 0.1) is 5.41 Å². The fourth-order valence-corrected chi connectivity index (χ4v) is 1.77. The van der Waals surface area contributed by atoms with Gasteiger partial charge in [0.05, 0.1) is 5.41 Å². The van der Waals surface area contributed by atoms with Crippen molar-refractivity contribution in [3.8, 4) is 0 Å². The first kappa shape index (κ1) is 7.58. The lowest BCUT2D eigenvalue weighted by atomic mass is 9.72. The molecule has 0 aromatic carbocycles. The van der Waals surface area contributed by atoms with Crippen LogP contribution in [0.1, 0.15) is 12.8 Å². The molecule has 0 saturated carbocycles. The number of carbonyl (C=O) groups excluding carboxylic acids is 2. The highest BCUT2D eigenvalue weighted by atomic mass is 16.2. The molecule has 4 nitrogen and oxygen atoms in total. The summed E-state index contributed by atoms with van der Waals surface area (Å²) in [7, 11) is 1.78. The Balaban J connectivity index is 2.12. The van der Waals surface area contributed by atoms with E-state index in [4.69, 9.17) is 0 Å². The first-order chi connectivity index (χ1) is 5.64. The van der Waals surface area contributed by atoms with Gasteiger partial charge in [-0.15, -0.1) is 0 Å². The molecule has 2 aliphatic heterocycles. The fourth-order valence-electron chi connectivity index (χ4n) is 1.77. The van der Waals surface area contributed by atoms with Crippen molar-refractivity contribution >= 4 is 11.8 Å². The number of nitrogens with one attached hydrogen (secondary N) is 1. The highest BCUT2D eigenvalue weighted by molar-refractivity contribution is 5.94. The Kier molecular flexibility index (Phi) is 1.40. The van der Waals surface area contributed by atoms with Gasteiger partial charge in [-0.2, -0.15) is 0 Å². The maximum Gasteiger partial charge on any atom is 0.228 e. The van der Waals surface area contributed by atoms with E-state index in [9.17, 15) is 9.59 Å². The van der Waals surface area contributed by atoms with Crippen LogP contribution in [0.3, 0.4) is 0 Å². The van der Waals surface area contributed by atoms with E-state index in [2.05, 4.69) is 5.32 Å². The normalized spacial score (nSPS) is 34.9. The monoisotopic (exact) mass is 168 g/mol. The van der Waals surface area contributed by atoms with E-state index >= 15 is 0 Å². The number of β-lactam (4-membered cyclic amide) rings is 1. The van der Waals surface area contributed by atoms with Crippen molar-refractivity contribution in [2.75, 3.05) is 20.1 Å². The summed E-state index contributed by atoms with van der Waals surface area (Å²) in [6, 6.07) is 0. The Morgan fingerprint density at radius 3 is 2.67 bits per heavy atom. The molecule has 1 atom stereocenters. The van der Waals surface area contributed by atoms with Crippen LogP contribution in [-0.4, -0.2) is 36.9 Å². The molecule has 2 amide bonds. The first-order valence-corrected chi connectivity index (χ1v) is 4.16. The molecule has 0 bridgehead atoms. The molecule has 0 radical (unpaired) electrons. The van der Waals surface area contributed by atoms with Gasteiger partial charge in [-0.3, -0.25) is 9.59 Å². The van der Waals surface area contributed by atoms with Gasteiger partial charge in [0.1, 0.15) is 0 Å². The number of nitrogens with zero attached hydrogens (tertiary/aromatic N) is 1. The maximum absolute atomic E-state index is 11.3. The summed E-state index contributed by atoms with van der Waals surface area (Å²) in [5.74, 6) is 0.153. The van der Waals surface area contributed by atoms with Crippen molar-refractivity contribution in [3.05, 3.63) is 0 Å². The van der Waals surface area contributed by atoms with Gasteiger partial charge in [-0.1, -0.05) is 0 Å². The third-order valence-corrected chi connectivity index (χ3v) is 2.91. The third-order valence-electron chi connectivity index (χ3n) is 2.91. The molecule has 2 aliphatic rings. The molecular weight excluding hydrogens is 156 g/mol. The lowest BCUT2D eigenvalue weighted by molar-refractivity contribution is -0.153. The predicted octanol–water partition coefficient (Wildman–Crippen LogP) is -0.645. The molecule has 2 rings (SSSR count). The standard InChI is InChI=1S/C8H12N2O2/c1-10-3-2-8(4-6(10)11)5-9-7(8)12/h2-5H2,1H3,(H,9,12)/t8-/m1/s1. The molecule has 2 heterocycles. The van der Waals surface area contributed by atoms with Gasteiger partial charge >= 0.3 is 0 Å². The second kappa shape index (κ2) is 2.21. The average molecular weight is 168 g/mol. The van der Waals surface area contributed by atoms with E-state index in [1.807, 2.05) is 0 Å². The third kappa shape index (κ3) is 0.838. The van der Waals surface area contributed by atoms with Crippen molar-refractivity contribution in [2.45, 2.75) is 12.8 Å². The van der Waals surface area contributed by atoms with Crippen LogP contribution in [0.25, 0.3) is 0 Å². The number of likely N-dealkylation sites (tertiary alicyclic amines) is 1. The Morgan fingerprint density at radius 2 is 2.25 bits per heavy atom. The van der Waals surface area contributed by atoms with Crippen LogP contribution in [0.4, 0.5) is 0 Å². The Bertz CT molecular complexity index is 251. The van der Waals surface area contributed by atoms with Crippen molar-refractivity contribution in [3.63, 3.8) is 0 Å². The molecule has 12 heavy (non-hydrogen) atoms. The SMILES string of the molecule is CN1CC[C@]2(CNC2=O)CC1=O. The summed E-state index contributed by atoms with van der Waals surface area (Å²) in [6.07, 6.45) is 1.22. The highest BCUT2D eigenvalue weighted by Crippen LogP contribution is 2.36. The molecule has 2 fully saturated rings. The zero-order valence-electron chi connectivity index (χ0n) is 7.09. The molecule has 0 aromatic heterocycles. The summed E-state index contributed by atoms with van der Waals surface area (Å²) in [5.41, 5.74) is -0.330. The Labute approximate surface area is 70.9 Å². The van der Waals surface area contributed by atoms with Gasteiger partial charge in [0.2, 0.25) is 11.8 Å². The first-order valence-electron chi connectivity index (χ1n) is 4.16. The van der Waals surface area contributed by atoms with Crippen molar-refractivity contribution in [1.29, 1.82) is 0 Å². The van der Waals surface area contributed by atoms with Gasteiger partial charge in [0.15, 0.2) is 0 Å². The molecule has 2 saturated heterocycles. The van der Waals surface area contributed by atoms with E-state index in [1.54, 1.807) is 11.9 Å². The molecule has 4 heteroatoms. The second-order valence-electron chi connectivity index (χ2n) is 3.71. The molecule has 1 N–H and O–H groups in total.